The Kier molecular flexibility index (Phi) is 10.6. The van der Waals surface area contributed by atoms with E-state index in [1.54, 1.807) is 0 Å². The fourth-order valence-corrected chi connectivity index (χ4v) is 0.283. The van der Waals surface area contributed by atoms with Gasteiger partial charge in [0.05, 0.1) is 15.9 Å². The molecule has 5 heteroatoms. The van der Waals surface area contributed by atoms with Crippen LogP contribution < -0.4 is 0 Å². The molecule has 0 aliphatic rings. The van der Waals surface area contributed by atoms with Gasteiger partial charge < -0.3 is 4.55 Å². The van der Waals surface area contributed by atoms with Crippen LogP contribution in [0.15, 0.2) is 0 Å². The highest BCUT2D eigenvalue weighted by atomic mass is 32.2. The summed E-state index contributed by atoms with van der Waals surface area (Å²) in [7, 11) is -4.30. The Hall–Kier alpha value is -0.160. The molecule has 0 unspecified atom stereocenters. The quantitative estimate of drug-likeness (QED) is 0.559. The molecule has 0 aliphatic heterocycles. The zero-order chi connectivity index (χ0) is 5.91. The van der Waals surface area contributed by atoms with Crippen molar-refractivity contribution in [2.75, 3.05) is 12.4 Å². The minimum atomic E-state index is -4.30. The van der Waals surface area contributed by atoms with Crippen molar-refractivity contribution in [3.8, 4) is 0 Å². The van der Waals surface area contributed by atoms with Gasteiger partial charge >= 0.3 is 0 Å². The maximum atomic E-state index is 10.9. The first-order valence-corrected chi connectivity index (χ1v) is 3.13. The topological polar surface area (TPSA) is 57.2 Å². The van der Waals surface area contributed by atoms with Gasteiger partial charge in [0.2, 0.25) is 0 Å². The smallest absolute Gasteiger partial charge is 0.102 e. The molecule has 0 rings (SSSR count). The molecule has 0 saturated carbocycles. The van der Waals surface area contributed by atoms with Crippen molar-refractivity contribution in [3.05, 3.63) is 0 Å². The first kappa shape index (κ1) is 15.9. The van der Waals surface area contributed by atoms with Crippen molar-refractivity contribution in [2.45, 2.75) is 14.9 Å². The zero-order valence-electron chi connectivity index (χ0n) is 3.43. The Morgan fingerprint density at radius 3 is 1.67 bits per heavy atom. The number of rotatable bonds is 2. The molecule has 0 aromatic heterocycles. The molecule has 0 atom stereocenters. The van der Waals surface area contributed by atoms with Crippen molar-refractivity contribution >= 4 is 10.1 Å². The Bertz CT molecular complexity index is 129. The van der Waals surface area contributed by atoms with Gasteiger partial charge in [0, 0.05) is 0 Å². The lowest BCUT2D eigenvalue weighted by molar-refractivity contribution is 0.446. The zero-order valence-corrected chi connectivity index (χ0v) is 4.24. The van der Waals surface area contributed by atoms with Gasteiger partial charge in [-0.2, -0.15) is 0 Å². The Labute approximate surface area is 55.6 Å². The normalized spacial score (nSPS) is 9.11. The third kappa shape index (κ3) is 18.1. The molecule has 0 bridgehead atoms. The molecule has 60 valence electrons. The van der Waals surface area contributed by atoms with E-state index in [9.17, 15) is 17.4 Å². The summed E-state index contributed by atoms with van der Waals surface area (Å²) in [6.45, 7) is -1.09. The fourth-order valence-electron chi connectivity index (χ4n) is 0.0945. The lowest BCUT2D eigenvalue weighted by atomic mass is 10.9. The van der Waals surface area contributed by atoms with Crippen molar-refractivity contribution in [1.29, 1.82) is 0 Å². The Morgan fingerprint density at radius 1 is 1.33 bits per heavy atom. The maximum absolute atomic E-state index is 10.9. The molecule has 0 N–H and O–H groups in total. The van der Waals surface area contributed by atoms with E-state index in [0.29, 0.717) is 0 Å². The third-order valence-electron chi connectivity index (χ3n) is 0.327. The van der Waals surface area contributed by atoms with Gasteiger partial charge in [-0.3, -0.25) is 4.39 Å². The van der Waals surface area contributed by atoms with Crippen LogP contribution in [0.5, 0.6) is 0 Å². The summed E-state index contributed by atoms with van der Waals surface area (Å²) >= 11 is 0. The highest BCUT2D eigenvalue weighted by Crippen LogP contribution is 1.79. The molecule has 0 radical (unpaired) electrons. The van der Waals surface area contributed by atoms with Crippen LogP contribution in [0.2, 0.25) is 0 Å². The molecule has 9 heavy (non-hydrogen) atoms. The van der Waals surface area contributed by atoms with E-state index in [1.165, 1.54) is 0 Å². The van der Waals surface area contributed by atoms with Gasteiger partial charge in [-0.1, -0.05) is 14.9 Å². The van der Waals surface area contributed by atoms with Crippen LogP contribution in [0.4, 0.5) is 4.39 Å². The van der Waals surface area contributed by atoms with Gasteiger partial charge in [-0.25, -0.2) is 8.42 Å². The largest absolute Gasteiger partial charge is 0.748 e. The maximum Gasteiger partial charge on any atom is 0.102 e. The summed E-state index contributed by atoms with van der Waals surface area (Å²) in [5, 5.41) is 0. The highest BCUT2D eigenvalue weighted by molar-refractivity contribution is 7.85. The van der Waals surface area contributed by atoms with Crippen LogP contribution in [-0.4, -0.2) is 25.4 Å². The van der Waals surface area contributed by atoms with Crippen molar-refractivity contribution < 1.29 is 17.4 Å². The van der Waals surface area contributed by atoms with Gasteiger partial charge in [0.1, 0.15) is 6.67 Å². The second-order valence-electron chi connectivity index (χ2n) is 0.951. The molecule has 3 nitrogen and oxygen atoms in total. The SMILES string of the molecule is C.C.O=S(=O)([O-])CCF. The minimum Gasteiger partial charge on any atom is -0.748 e. The van der Waals surface area contributed by atoms with Crippen molar-refractivity contribution in [3.63, 3.8) is 0 Å². The number of hydrogen-bond acceptors (Lipinski definition) is 3. The molecular formula is C4H12FO3S-. The lowest BCUT2D eigenvalue weighted by Crippen LogP contribution is -2.04. The summed E-state index contributed by atoms with van der Waals surface area (Å²) in [4.78, 5) is 0. The molecule has 0 amide bonds. The molecule has 0 fully saturated rings. The number of alkyl halides is 1. The van der Waals surface area contributed by atoms with Gasteiger partial charge in [0.25, 0.3) is 0 Å². The fraction of sp³-hybridized carbons (Fsp3) is 1.00. The van der Waals surface area contributed by atoms with Crippen molar-refractivity contribution in [1.82, 2.24) is 0 Å². The molecule has 0 aliphatic carbocycles. The van der Waals surface area contributed by atoms with Crippen LogP contribution in [0.1, 0.15) is 14.9 Å². The average Bonchev–Trinajstić information content (AvgIpc) is 1.30. The predicted octanol–water partition coefficient (Wildman–Crippen LogP) is 0.773. The van der Waals surface area contributed by atoms with Crippen molar-refractivity contribution in [2.24, 2.45) is 0 Å². The predicted molar refractivity (Wildman–Crippen MR) is 34.0 cm³/mol. The van der Waals surface area contributed by atoms with Crippen LogP contribution in [-0.2, 0) is 10.1 Å². The second-order valence-corrected chi connectivity index (χ2v) is 2.47. The van der Waals surface area contributed by atoms with Gasteiger partial charge in [0.15, 0.2) is 0 Å². The first-order chi connectivity index (χ1) is 3.06. The van der Waals surface area contributed by atoms with Crippen LogP contribution in [0.25, 0.3) is 0 Å². The second kappa shape index (κ2) is 5.97. The molecular weight excluding hydrogens is 147 g/mol. The summed E-state index contributed by atoms with van der Waals surface area (Å²) in [6, 6.07) is 0. The van der Waals surface area contributed by atoms with E-state index >= 15 is 0 Å². The number of hydrogen-bond donors (Lipinski definition) is 0. The molecule has 0 aromatic carbocycles. The van der Waals surface area contributed by atoms with E-state index in [2.05, 4.69) is 0 Å². The van der Waals surface area contributed by atoms with Gasteiger partial charge in [-0.15, -0.1) is 0 Å². The summed E-state index contributed by atoms with van der Waals surface area (Å²) in [5.74, 6) is -0.910. The lowest BCUT2D eigenvalue weighted by Gasteiger charge is -1.99. The standard InChI is InChI=1S/C2H5FO3S.2CH4/c3-1-2-7(4,5)6;;/h1-2H2,(H,4,5,6);2*1H4/p-1. The Morgan fingerprint density at radius 2 is 1.67 bits per heavy atom. The summed E-state index contributed by atoms with van der Waals surface area (Å²) < 4.78 is 39.2. The number of halogens is 1. The Balaban J connectivity index is -0.000000180. The van der Waals surface area contributed by atoms with Crippen LogP contribution >= 0.6 is 0 Å². The highest BCUT2D eigenvalue weighted by Gasteiger charge is 1.89. The van der Waals surface area contributed by atoms with E-state index in [1.807, 2.05) is 0 Å². The first-order valence-electron chi connectivity index (χ1n) is 1.56. The summed E-state index contributed by atoms with van der Waals surface area (Å²) in [6.07, 6.45) is 0. The minimum absolute atomic E-state index is 0. The molecule has 0 heterocycles. The van der Waals surface area contributed by atoms with E-state index in [-0.39, 0.29) is 14.9 Å². The monoisotopic (exact) mass is 159 g/mol. The van der Waals surface area contributed by atoms with E-state index < -0.39 is 22.5 Å². The summed E-state index contributed by atoms with van der Waals surface area (Å²) in [5.41, 5.74) is 0. The molecule has 0 saturated heterocycles. The molecule has 0 aromatic rings. The van der Waals surface area contributed by atoms with Crippen LogP contribution in [0, 0.1) is 0 Å². The average molecular weight is 159 g/mol. The van der Waals surface area contributed by atoms with Gasteiger partial charge in [-0.05, 0) is 0 Å². The van der Waals surface area contributed by atoms with E-state index in [4.69, 9.17) is 0 Å². The van der Waals surface area contributed by atoms with E-state index in [0.717, 1.165) is 0 Å². The van der Waals surface area contributed by atoms with Crippen LogP contribution in [0.3, 0.4) is 0 Å². The molecule has 0 spiro atoms. The third-order valence-corrected chi connectivity index (χ3v) is 0.981.